The van der Waals surface area contributed by atoms with E-state index in [9.17, 15) is 4.79 Å². The van der Waals surface area contributed by atoms with Gasteiger partial charge in [-0.15, -0.1) is 5.10 Å². The highest BCUT2D eigenvalue weighted by Crippen LogP contribution is 2.18. The van der Waals surface area contributed by atoms with Crippen LogP contribution >= 0.6 is 11.8 Å². The van der Waals surface area contributed by atoms with Gasteiger partial charge in [0.2, 0.25) is 0 Å². The van der Waals surface area contributed by atoms with Gasteiger partial charge in [-0.25, -0.2) is 19.9 Å². The third kappa shape index (κ3) is 3.38. The van der Waals surface area contributed by atoms with Crippen LogP contribution in [-0.4, -0.2) is 31.3 Å². The van der Waals surface area contributed by atoms with Crippen LogP contribution in [0, 0.1) is 6.92 Å². The molecule has 0 atom stereocenters. The molecule has 0 aliphatic rings. The molecule has 0 aliphatic carbocycles. The second-order valence-corrected chi connectivity index (χ2v) is 5.13. The molecule has 0 aromatic carbocycles. The summed E-state index contributed by atoms with van der Waals surface area (Å²) in [4.78, 5) is 20.3. The van der Waals surface area contributed by atoms with Crippen LogP contribution in [0.5, 0.6) is 0 Å². The monoisotopic (exact) mass is 294 g/mol. The normalized spacial score (nSPS) is 10.8. The van der Waals surface area contributed by atoms with Gasteiger partial charge in [0, 0.05) is 24.8 Å². The second-order valence-electron chi connectivity index (χ2n) is 4.19. The van der Waals surface area contributed by atoms with Gasteiger partial charge in [0.25, 0.3) is 0 Å². The molecule has 2 heterocycles. The van der Waals surface area contributed by atoms with Crippen molar-refractivity contribution < 1.29 is 0 Å². The van der Waals surface area contributed by atoms with E-state index in [2.05, 4.69) is 25.5 Å². The number of nitrogens with zero attached hydrogens (tertiary/aromatic N) is 4. The summed E-state index contributed by atoms with van der Waals surface area (Å²) in [5.74, 6) is 2.12. The van der Waals surface area contributed by atoms with E-state index in [0.717, 1.165) is 23.9 Å². The maximum absolute atomic E-state index is 11.5. The minimum atomic E-state index is -0.187. The molecule has 8 heteroatoms. The van der Waals surface area contributed by atoms with Gasteiger partial charge in [-0.3, -0.25) is 4.57 Å². The van der Waals surface area contributed by atoms with Gasteiger partial charge in [-0.05, 0) is 20.8 Å². The topological polar surface area (TPSA) is 88.5 Å². The minimum absolute atomic E-state index is 0.187. The summed E-state index contributed by atoms with van der Waals surface area (Å²) < 4.78 is 1.59. The van der Waals surface area contributed by atoms with Crippen LogP contribution in [0.2, 0.25) is 0 Å². The number of aromatic amines is 1. The summed E-state index contributed by atoms with van der Waals surface area (Å²) >= 11 is 1.45. The molecule has 2 aromatic heterocycles. The largest absolute Gasteiger partial charge is 0.370 e. The number of hydrogen-bond acceptors (Lipinski definition) is 6. The van der Waals surface area contributed by atoms with E-state index in [0.29, 0.717) is 17.5 Å². The zero-order valence-corrected chi connectivity index (χ0v) is 12.6. The lowest BCUT2D eigenvalue weighted by Crippen LogP contribution is -2.16. The average Bonchev–Trinajstić information content (AvgIpc) is 2.76. The molecule has 20 heavy (non-hydrogen) atoms. The molecular formula is C12H18N6OS. The number of H-pyrrole nitrogens is 1. The predicted molar refractivity (Wildman–Crippen MR) is 79.0 cm³/mol. The van der Waals surface area contributed by atoms with E-state index in [1.165, 1.54) is 11.8 Å². The van der Waals surface area contributed by atoms with Crippen molar-refractivity contribution in [1.29, 1.82) is 0 Å². The van der Waals surface area contributed by atoms with E-state index in [-0.39, 0.29) is 5.69 Å². The lowest BCUT2D eigenvalue weighted by Gasteiger charge is -2.06. The number of aryl methyl sites for hydroxylation is 1. The highest BCUT2D eigenvalue weighted by atomic mass is 32.2. The lowest BCUT2D eigenvalue weighted by molar-refractivity contribution is 0.660. The Hall–Kier alpha value is -1.83. The summed E-state index contributed by atoms with van der Waals surface area (Å²) in [6.45, 7) is 7.28. The molecule has 0 spiro atoms. The molecule has 2 aromatic rings. The van der Waals surface area contributed by atoms with Crippen molar-refractivity contribution in [3.05, 3.63) is 28.1 Å². The Morgan fingerprint density at radius 3 is 2.90 bits per heavy atom. The van der Waals surface area contributed by atoms with E-state index < -0.39 is 0 Å². The first-order valence-electron chi connectivity index (χ1n) is 6.50. The van der Waals surface area contributed by atoms with E-state index in [1.54, 1.807) is 4.57 Å². The van der Waals surface area contributed by atoms with Crippen LogP contribution in [0.15, 0.2) is 16.0 Å². The summed E-state index contributed by atoms with van der Waals surface area (Å²) in [7, 11) is 0. The number of rotatable bonds is 6. The van der Waals surface area contributed by atoms with Crippen molar-refractivity contribution >= 4 is 17.6 Å². The molecule has 0 saturated heterocycles. The van der Waals surface area contributed by atoms with Gasteiger partial charge in [-0.1, -0.05) is 11.8 Å². The Morgan fingerprint density at radius 2 is 2.20 bits per heavy atom. The van der Waals surface area contributed by atoms with E-state index in [1.807, 2.05) is 26.8 Å². The Balaban J connectivity index is 2.12. The van der Waals surface area contributed by atoms with Crippen LogP contribution in [-0.2, 0) is 12.3 Å². The molecular weight excluding hydrogens is 276 g/mol. The summed E-state index contributed by atoms with van der Waals surface area (Å²) in [6.07, 6.45) is 0. The standard InChI is InChI=1S/C12H18N6OS/c1-4-13-9-6-8(3)14-10(15-9)7-20-12-17-16-11(19)18(12)5-2/h6H,4-5,7H2,1-3H3,(H,16,19)(H,13,14,15). The third-order valence-electron chi connectivity index (χ3n) is 2.63. The van der Waals surface area contributed by atoms with Gasteiger partial charge < -0.3 is 5.32 Å². The Bertz CT molecular complexity index is 635. The van der Waals surface area contributed by atoms with Gasteiger partial charge in [0.05, 0.1) is 5.75 Å². The summed E-state index contributed by atoms with van der Waals surface area (Å²) in [5, 5.41) is 10.3. The van der Waals surface area contributed by atoms with Crippen molar-refractivity contribution in [3.63, 3.8) is 0 Å². The fourth-order valence-electron chi connectivity index (χ4n) is 1.79. The van der Waals surface area contributed by atoms with Crippen LogP contribution in [0.25, 0.3) is 0 Å². The average molecular weight is 294 g/mol. The first-order chi connectivity index (χ1) is 9.63. The molecule has 7 nitrogen and oxygen atoms in total. The first kappa shape index (κ1) is 14.6. The molecule has 0 amide bonds. The van der Waals surface area contributed by atoms with E-state index >= 15 is 0 Å². The van der Waals surface area contributed by atoms with Crippen molar-refractivity contribution in [2.24, 2.45) is 0 Å². The minimum Gasteiger partial charge on any atom is -0.370 e. The summed E-state index contributed by atoms with van der Waals surface area (Å²) in [6, 6.07) is 1.91. The van der Waals surface area contributed by atoms with E-state index in [4.69, 9.17) is 0 Å². The van der Waals surface area contributed by atoms with Crippen molar-refractivity contribution in [3.8, 4) is 0 Å². The SMILES string of the molecule is CCNc1cc(C)nc(CSc2n[nH]c(=O)n2CC)n1. The van der Waals surface area contributed by atoms with Crippen LogP contribution < -0.4 is 11.0 Å². The number of anilines is 1. The summed E-state index contributed by atoms with van der Waals surface area (Å²) in [5.41, 5.74) is 0.731. The molecule has 0 saturated carbocycles. The molecule has 108 valence electrons. The smallest absolute Gasteiger partial charge is 0.343 e. The lowest BCUT2D eigenvalue weighted by atomic mass is 10.4. The maximum Gasteiger partial charge on any atom is 0.343 e. The zero-order valence-electron chi connectivity index (χ0n) is 11.8. The third-order valence-corrected chi connectivity index (χ3v) is 3.60. The maximum atomic E-state index is 11.5. The van der Waals surface area contributed by atoms with Crippen LogP contribution in [0.3, 0.4) is 0 Å². The fourth-order valence-corrected chi connectivity index (χ4v) is 2.65. The molecule has 0 bridgehead atoms. The molecule has 0 aliphatic heterocycles. The highest BCUT2D eigenvalue weighted by molar-refractivity contribution is 7.98. The molecule has 0 unspecified atom stereocenters. The van der Waals surface area contributed by atoms with Gasteiger partial charge in [0.1, 0.15) is 11.6 Å². The number of hydrogen-bond donors (Lipinski definition) is 2. The van der Waals surface area contributed by atoms with Crippen LogP contribution in [0.1, 0.15) is 25.4 Å². The number of nitrogens with one attached hydrogen (secondary N) is 2. The Morgan fingerprint density at radius 1 is 1.40 bits per heavy atom. The Labute approximate surface area is 121 Å². The molecule has 0 fully saturated rings. The Kier molecular flexibility index (Phi) is 4.78. The first-order valence-corrected chi connectivity index (χ1v) is 7.49. The predicted octanol–water partition coefficient (Wildman–Crippen LogP) is 1.41. The van der Waals surface area contributed by atoms with Crippen molar-refractivity contribution in [2.75, 3.05) is 11.9 Å². The fraction of sp³-hybridized carbons (Fsp3) is 0.500. The van der Waals surface area contributed by atoms with Crippen molar-refractivity contribution in [2.45, 2.75) is 38.2 Å². The highest BCUT2D eigenvalue weighted by Gasteiger charge is 2.09. The molecule has 0 radical (unpaired) electrons. The molecule has 2 N–H and O–H groups in total. The quantitative estimate of drug-likeness (QED) is 0.783. The number of aromatic nitrogens is 5. The second kappa shape index (κ2) is 6.56. The van der Waals surface area contributed by atoms with Crippen molar-refractivity contribution in [1.82, 2.24) is 24.7 Å². The zero-order chi connectivity index (χ0) is 14.5. The van der Waals surface area contributed by atoms with Crippen LogP contribution in [0.4, 0.5) is 5.82 Å². The molecule has 2 rings (SSSR count). The van der Waals surface area contributed by atoms with Gasteiger partial charge in [-0.2, -0.15) is 0 Å². The number of thioether (sulfide) groups is 1. The van der Waals surface area contributed by atoms with Gasteiger partial charge in [0.15, 0.2) is 5.16 Å². The van der Waals surface area contributed by atoms with Gasteiger partial charge >= 0.3 is 5.69 Å².